The molecule has 0 saturated carbocycles. The fraction of sp³-hybridized carbons (Fsp3) is 0.533. The van der Waals surface area contributed by atoms with Crippen LogP contribution in [0.25, 0.3) is 11.2 Å². The molecule has 4 N–H and O–H groups in total. The quantitative estimate of drug-likeness (QED) is 0.536. The third-order valence-electron chi connectivity index (χ3n) is 4.02. The number of imidazole rings is 1. The summed E-state index contributed by atoms with van der Waals surface area (Å²) in [4.78, 5) is 12.8. The molecular weight excluding hydrogens is 314 g/mol. The lowest BCUT2D eigenvalue weighted by atomic mass is 10.2. The van der Waals surface area contributed by atoms with Crippen LogP contribution in [0.4, 0.5) is 5.82 Å². The van der Waals surface area contributed by atoms with Gasteiger partial charge in [-0.15, -0.1) is 0 Å². The van der Waals surface area contributed by atoms with E-state index in [4.69, 9.17) is 9.84 Å². The van der Waals surface area contributed by atoms with Crippen LogP contribution in [0, 0.1) is 0 Å². The predicted octanol–water partition coefficient (Wildman–Crippen LogP) is -0.183. The van der Waals surface area contributed by atoms with Crippen molar-refractivity contribution in [3.05, 3.63) is 24.3 Å². The van der Waals surface area contributed by atoms with E-state index in [-0.39, 0.29) is 13.2 Å². The molecule has 1 fully saturated rings. The second kappa shape index (κ2) is 7.22. The Kier molecular flexibility index (Phi) is 5.05. The van der Waals surface area contributed by atoms with Crippen LogP contribution in [-0.2, 0) is 4.74 Å². The molecule has 130 valence electrons. The molecule has 3 rings (SSSR count). The monoisotopic (exact) mass is 335 g/mol. The number of aliphatic hydroxyl groups is 3. The number of hydrogen-bond acceptors (Lipinski definition) is 8. The lowest BCUT2D eigenvalue weighted by molar-refractivity contribution is -0.0432. The lowest BCUT2D eigenvalue weighted by Gasteiger charge is -2.13. The molecule has 0 amide bonds. The van der Waals surface area contributed by atoms with Gasteiger partial charge >= 0.3 is 0 Å². The third-order valence-corrected chi connectivity index (χ3v) is 4.02. The van der Waals surface area contributed by atoms with Crippen LogP contribution < -0.4 is 5.32 Å². The maximum atomic E-state index is 9.89. The van der Waals surface area contributed by atoms with E-state index < -0.39 is 18.4 Å². The van der Waals surface area contributed by atoms with Gasteiger partial charge in [-0.2, -0.15) is 0 Å². The van der Waals surface area contributed by atoms with E-state index >= 15 is 0 Å². The molecule has 9 heteroatoms. The molecule has 2 aromatic rings. The molecule has 9 nitrogen and oxygen atoms in total. The van der Waals surface area contributed by atoms with Crippen LogP contribution in [0.2, 0.25) is 0 Å². The molecule has 0 spiro atoms. The Hall–Kier alpha value is -2.07. The van der Waals surface area contributed by atoms with E-state index in [0.29, 0.717) is 29.9 Å². The molecule has 1 aliphatic rings. The smallest absolute Gasteiger partial charge is 0.167 e. The van der Waals surface area contributed by atoms with Gasteiger partial charge in [-0.3, -0.25) is 4.57 Å². The third kappa shape index (κ3) is 3.24. The first-order chi connectivity index (χ1) is 11.6. The molecule has 3 atom stereocenters. The summed E-state index contributed by atoms with van der Waals surface area (Å²) < 4.78 is 7.38. The number of ether oxygens (including phenoxy) is 1. The first kappa shape index (κ1) is 16.8. The summed E-state index contributed by atoms with van der Waals surface area (Å²) in [7, 11) is 0. The standard InChI is InChI=1S/C15H21N5O4/c1-9(5-21)2-3-16-14-13-15(18-7-17-14)20(8-19-13)12-4-10(23)11(6-22)24-12/h2,7-8,10-12,21-23H,3-6H2,1H3,(H,16,17,18)/b9-2+/t10-,11+,12+/m0/s1. The van der Waals surface area contributed by atoms with Crippen LogP contribution in [0.1, 0.15) is 19.6 Å². The summed E-state index contributed by atoms with van der Waals surface area (Å²) >= 11 is 0. The number of nitrogens with one attached hydrogen (secondary N) is 1. The number of aliphatic hydroxyl groups excluding tert-OH is 3. The van der Waals surface area contributed by atoms with Gasteiger partial charge in [0.25, 0.3) is 0 Å². The van der Waals surface area contributed by atoms with Gasteiger partial charge < -0.3 is 25.4 Å². The number of anilines is 1. The Balaban J connectivity index is 1.82. The highest BCUT2D eigenvalue weighted by atomic mass is 16.5. The summed E-state index contributed by atoms with van der Waals surface area (Å²) in [6, 6.07) is 0. The Morgan fingerprint density at radius 2 is 2.25 bits per heavy atom. The molecule has 0 aromatic carbocycles. The zero-order valence-electron chi connectivity index (χ0n) is 13.3. The fourth-order valence-electron chi connectivity index (χ4n) is 2.63. The van der Waals surface area contributed by atoms with Gasteiger partial charge in [0.15, 0.2) is 17.0 Å². The van der Waals surface area contributed by atoms with E-state index in [1.54, 1.807) is 10.9 Å². The molecule has 1 saturated heterocycles. The molecule has 1 aliphatic heterocycles. The normalized spacial score (nSPS) is 24.7. The van der Waals surface area contributed by atoms with Crippen molar-refractivity contribution in [1.29, 1.82) is 0 Å². The fourth-order valence-corrected chi connectivity index (χ4v) is 2.63. The van der Waals surface area contributed by atoms with E-state index in [1.807, 2.05) is 13.0 Å². The van der Waals surface area contributed by atoms with Crippen molar-refractivity contribution in [2.75, 3.05) is 25.1 Å². The van der Waals surface area contributed by atoms with Gasteiger partial charge in [-0.05, 0) is 6.92 Å². The molecule has 0 radical (unpaired) electrons. The minimum atomic E-state index is -0.719. The van der Waals surface area contributed by atoms with Gasteiger partial charge in [0.1, 0.15) is 18.7 Å². The average Bonchev–Trinajstić information content (AvgIpc) is 3.18. The minimum Gasteiger partial charge on any atom is -0.394 e. The van der Waals surface area contributed by atoms with Crippen molar-refractivity contribution < 1.29 is 20.1 Å². The summed E-state index contributed by atoms with van der Waals surface area (Å²) in [5, 5.41) is 31.2. The molecule has 3 heterocycles. The summed E-state index contributed by atoms with van der Waals surface area (Å²) in [5.41, 5.74) is 2.05. The summed E-state index contributed by atoms with van der Waals surface area (Å²) in [6.45, 7) is 2.13. The van der Waals surface area contributed by atoms with E-state index in [1.165, 1.54) is 6.33 Å². The average molecular weight is 335 g/mol. The van der Waals surface area contributed by atoms with E-state index in [0.717, 1.165) is 5.57 Å². The molecule has 0 aliphatic carbocycles. The predicted molar refractivity (Wildman–Crippen MR) is 86.3 cm³/mol. The number of hydrogen-bond donors (Lipinski definition) is 4. The first-order valence-electron chi connectivity index (χ1n) is 7.76. The maximum absolute atomic E-state index is 9.89. The summed E-state index contributed by atoms with van der Waals surface area (Å²) in [5.74, 6) is 0.581. The van der Waals surface area contributed by atoms with Crippen molar-refractivity contribution >= 4 is 17.0 Å². The second-order valence-corrected chi connectivity index (χ2v) is 5.75. The van der Waals surface area contributed by atoms with Gasteiger partial charge in [0.2, 0.25) is 0 Å². The van der Waals surface area contributed by atoms with Crippen molar-refractivity contribution in [3.8, 4) is 0 Å². The van der Waals surface area contributed by atoms with Crippen molar-refractivity contribution in [2.24, 2.45) is 0 Å². The minimum absolute atomic E-state index is 0.0167. The van der Waals surface area contributed by atoms with Crippen molar-refractivity contribution in [2.45, 2.75) is 31.8 Å². The summed E-state index contributed by atoms with van der Waals surface area (Å²) in [6.07, 6.45) is 3.51. The van der Waals surface area contributed by atoms with Crippen LogP contribution in [0.5, 0.6) is 0 Å². The molecule has 0 unspecified atom stereocenters. The highest BCUT2D eigenvalue weighted by Gasteiger charge is 2.35. The number of nitrogens with zero attached hydrogens (tertiary/aromatic N) is 4. The van der Waals surface area contributed by atoms with Gasteiger partial charge in [0.05, 0.1) is 25.6 Å². The van der Waals surface area contributed by atoms with Crippen LogP contribution in [-0.4, -0.2) is 66.8 Å². The topological polar surface area (TPSA) is 126 Å². The Morgan fingerprint density at radius 1 is 1.42 bits per heavy atom. The molecule has 24 heavy (non-hydrogen) atoms. The highest BCUT2D eigenvalue weighted by molar-refractivity contribution is 5.82. The highest BCUT2D eigenvalue weighted by Crippen LogP contribution is 2.31. The zero-order chi connectivity index (χ0) is 17.1. The SMILES string of the molecule is C/C(=C\CNc1ncnc2c1ncn2[C@H]1C[C@H](O)[C@@H](CO)O1)CO. The van der Waals surface area contributed by atoms with Crippen LogP contribution in [0.15, 0.2) is 24.3 Å². The van der Waals surface area contributed by atoms with E-state index in [9.17, 15) is 10.2 Å². The second-order valence-electron chi connectivity index (χ2n) is 5.75. The molecular formula is C15H21N5O4. The molecule has 0 bridgehead atoms. The van der Waals surface area contributed by atoms with Crippen LogP contribution in [0.3, 0.4) is 0 Å². The largest absolute Gasteiger partial charge is 0.394 e. The Labute approximate surface area is 138 Å². The van der Waals surface area contributed by atoms with Crippen LogP contribution >= 0.6 is 0 Å². The number of aromatic nitrogens is 4. The first-order valence-corrected chi connectivity index (χ1v) is 7.76. The lowest BCUT2D eigenvalue weighted by Crippen LogP contribution is -2.24. The Morgan fingerprint density at radius 3 is 2.96 bits per heavy atom. The van der Waals surface area contributed by atoms with Gasteiger partial charge in [-0.25, -0.2) is 15.0 Å². The van der Waals surface area contributed by atoms with Gasteiger partial charge in [0, 0.05) is 13.0 Å². The van der Waals surface area contributed by atoms with Crippen molar-refractivity contribution in [1.82, 2.24) is 19.5 Å². The number of rotatable bonds is 6. The maximum Gasteiger partial charge on any atom is 0.167 e. The van der Waals surface area contributed by atoms with E-state index in [2.05, 4.69) is 20.3 Å². The molecule has 2 aromatic heterocycles. The Bertz CT molecular complexity index is 732. The van der Waals surface area contributed by atoms with Crippen molar-refractivity contribution in [3.63, 3.8) is 0 Å². The zero-order valence-corrected chi connectivity index (χ0v) is 13.3. The van der Waals surface area contributed by atoms with Gasteiger partial charge in [-0.1, -0.05) is 11.6 Å². The number of fused-ring (bicyclic) bond motifs is 1.